The topological polar surface area (TPSA) is 34.6 Å². The zero-order valence-electron chi connectivity index (χ0n) is 30.6. The second-order valence-corrected chi connectivity index (χ2v) is 13.3. The van der Waals surface area contributed by atoms with Crippen LogP contribution in [-0.2, 0) is 0 Å². The van der Waals surface area contributed by atoms with E-state index in [4.69, 9.17) is 14.5 Å². The van der Waals surface area contributed by atoms with Crippen LogP contribution in [0.25, 0.3) is 33.6 Å². The quantitative estimate of drug-likeness (QED) is 0.0729. The van der Waals surface area contributed by atoms with Crippen LogP contribution in [0.4, 0.5) is 11.4 Å². The third kappa shape index (κ3) is 10.7. The zero-order valence-corrected chi connectivity index (χ0v) is 30.6. The Labute approximate surface area is 301 Å². The van der Waals surface area contributed by atoms with Crippen molar-refractivity contribution in [3.05, 3.63) is 115 Å². The molecule has 0 unspecified atom stereocenters. The largest absolute Gasteiger partial charge is 0.493 e. The molecule has 0 saturated heterocycles. The van der Waals surface area contributed by atoms with Gasteiger partial charge in [-0.3, -0.25) is 0 Å². The average molecular weight is 669 g/mol. The van der Waals surface area contributed by atoms with Gasteiger partial charge in [0.05, 0.1) is 24.6 Å². The molecule has 0 aliphatic rings. The lowest BCUT2D eigenvalue weighted by molar-refractivity contribution is 0.305. The molecule has 0 aliphatic carbocycles. The van der Waals surface area contributed by atoms with Crippen LogP contribution in [0.1, 0.15) is 90.9 Å². The van der Waals surface area contributed by atoms with Gasteiger partial charge in [0.15, 0.2) is 0 Å². The average Bonchev–Trinajstić information content (AvgIpc) is 3.17. The minimum atomic E-state index is 0.710. The Morgan fingerprint density at radius 2 is 0.900 bits per heavy atom. The molecule has 5 rings (SSSR count). The number of rotatable bonds is 21. The van der Waals surface area contributed by atoms with Gasteiger partial charge in [0.25, 0.3) is 0 Å². The SMILES string of the molecule is CCCCCCCCOc1ccccc1-c1cc(-c2ccc(N(C)c3ccccc3)cc2)cc(-c2ccccc2OCCCCCCCC)n1. The Hall–Kier alpha value is -4.57. The summed E-state index contributed by atoms with van der Waals surface area (Å²) >= 11 is 0. The molecule has 1 heterocycles. The number of benzene rings is 4. The molecule has 0 radical (unpaired) electrons. The molecule has 5 aromatic rings. The van der Waals surface area contributed by atoms with Crippen molar-refractivity contribution in [3.63, 3.8) is 0 Å². The van der Waals surface area contributed by atoms with E-state index in [0.29, 0.717) is 13.2 Å². The fourth-order valence-electron chi connectivity index (χ4n) is 6.39. The van der Waals surface area contributed by atoms with Crippen molar-refractivity contribution in [3.8, 4) is 45.1 Å². The van der Waals surface area contributed by atoms with E-state index in [-0.39, 0.29) is 0 Å². The Morgan fingerprint density at radius 1 is 0.460 bits per heavy atom. The summed E-state index contributed by atoms with van der Waals surface area (Å²) in [5.74, 6) is 1.76. The van der Waals surface area contributed by atoms with Gasteiger partial charge in [-0.05, 0) is 84.6 Å². The molecule has 4 aromatic carbocycles. The highest BCUT2D eigenvalue weighted by Crippen LogP contribution is 2.37. The first-order valence-corrected chi connectivity index (χ1v) is 19.0. The van der Waals surface area contributed by atoms with Crippen molar-refractivity contribution >= 4 is 11.4 Å². The molecule has 0 N–H and O–H groups in total. The predicted octanol–water partition coefficient (Wildman–Crippen LogP) is 13.3. The number of hydrogen-bond donors (Lipinski definition) is 0. The van der Waals surface area contributed by atoms with Crippen LogP contribution in [0.3, 0.4) is 0 Å². The summed E-state index contributed by atoms with van der Waals surface area (Å²) in [4.78, 5) is 7.50. The molecule has 262 valence electrons. The minimum absolute atomic E-state index is 0.710. The number of aromatic nitrogens is 1. The monoisotopic (exact) mass is 668 g/mol. The summed E-state index contributed by atoms with van der Waals surface area (Å²) in [7, 11) is 2.11. The van der Waals surface area contributed by atoms with Crippen molar-refractivity contribution in [2.75, 3.05) is 25.2 Å². The molecule has 4 heteroatoms. The fraction of sp³-hybridized carbons (Fsp3) is 0.370. The van der Waals surface area contributed by atoms with Gasteiger partial charge < -0.3 is 14.4 Å². The van der Waals surface area contributed by atoms with Crippen LogP contribution in [0.5, 0.6) is 11.5 Å². The highest BCUT2D eigenvalue weighted by atomic mass is 16.5. The number of nitrogens with zero attached hydrogens (tertiary/aromatic N) is 2. The Morgan fingerprint density at radius 3 is 1.42 bits per heavy atom. The van der Waals surface area contributed by atoms with Crippen molar-refractivity contribution in [1.29, 1.82) is 0 Å². The van der Waals surface area contributed by atoms with Gasteiger partial charge >= 0.3 is 0 Å². The second-order valence-electron chi connectivity index (χ2n) is 13.3. The van der Waals surface area contributed by atoms with E-state index in [1.165, 1.54) is 64.2 Å². The first kappa shape index (κ1) is 36.7. The molecule has 1 aromatic heterocycles. The maximum absolute atomic E-state index is 6.43. The molecule has 0 aliphatic heterocycles. The molecule has 0 fully saturated rings. The van der Waals surface area contributed by atoms with E-state index in [9.17, 15) is 0 Å². The van der Waals surface area contributed by atoms with Gasteiger partial charge in [0, 0.05) is 29.5 Å². The van der Waals surface area contributed by atoms with Crippen molar-refractivity contribution < 1.29 is 9.47 Å². The molecule has 0 spiro atoms. The molecule has 0 atom stereocenters. The Balaban J connectivity index is 1.44. The van der Waals surface area contributed by atoms with Crippen LogP contribution in [0.15, 0.2) is 115 Å². The molecule has 4 nitrogen and oxygen atoms in total. The Kier molecular flexibility index (Phi) is 14.8. The maximum Gasteiger partial charge on any atom is 0.128 e. The van der Waals surface area contributed by atoms with Gasteiger partial charge in [-0.25, -0.2) is 4.98 Å². The molecule has 0 bridgehead atoms. The summed E-state index contributed by atoms with van der Waals surface area (Å²) < 4.78 is 12.9. The number of unbranched alkanes of at least 4 members (excludes halogenated alkanes) is 10. The fourth-order valence-corrected chi connectivity index (χ4v) is 6.39. The van der Waals surface area contributed by atoms with Crippen molar-refractivity contribution in [1.82, 2.24) is 4.98 Å². The van der Waals surface area contributed by atoms with Crippen LogP contribution in [-0.4, -0.2) is 25.2 Å². The zero-order chi connectivity index (χ0) is 34.8. The smallest absolute Gasteiger partial charge is 0.128 e. The number of pyridine rings is 1. The van der Waals surface area contributed by atoms with Crippen LogP contribution in [0, 0.1) is 0 Å². The van der Waals surface area contributed by atoms with E-state index in [2.05, 4.69) is 141 Å². The predicted molar refractivity (Wildman–Crippen MR) is 213 cm³/mol. The van der Waals surface area contributed by atoms with E-state index >= 15 is 0 Å². The van der Waals surface area contributed by atoms with Gasteiger partial charge in [0.2, 0.25) is 0 Å². The first-order chi connectivity index (χ1) is 24.7. The number of para-hydroxylation sites is 3. The summed E-state index contributed by atoms with van der Waals surface area (Å²) in [5.41, 5.74) is 8.34. The standard InChI is InChI=1S/C46H56N2O2/c1-4-6-8-10-12-21-33-49-45-27-19-17-25-41(45)43-35-38(37-29-31-40(32-30-37)48(3)39-23-15-14-16-24-39)36-44(47-43)42-26-18-20-28-46(42)50-34-22-13-11-9-7-5-2/h14-20,23-32,35-36H,4-13,21-22,33-34H2,1-3H3. The molecule has 0 saturated carbocycles. The summed E-state index contributed by atoms with van der Waals surface area (Å²) in [5, 5.41) is 0. The molecule has 50 heavy (non-hydrogen) atoms. The maximum atomic E-state index is 6.43. The normalized spacial score (nSPS) is 11.0. The minimum Gasteiger partial charge on any atom is -0.493 e. The third-order valence-electron chi connectivity index (χ3n) is 9.39. The van der Waals surface area contributed by atoms with Crippen LogP contribution < -0.4 is 14.4 Å². The van der Waals surface area contributed by atoms with Gasteiger partial charge in [-0.15, -0.1) is 0 Å². The lowest BCUT2D eigenvalue weighted by atomic mass is 9.99. The van der Waals surface area contributed by atoms with Gasteiger partial charge in [-0.2, -0.15) is 0 Å². The van der Waals surface area contributed by atoms with Gasteiger partial charge in [-0.1, -0.05) is 133 Å². The number of ether oxygens (including phenoxy) is 2. The summed E-state index contributed by atoms with van der Waals surface area (Å²) in [6, 6.07) is 40.3. The van der Waals surface area contributed by atoms with E-state index < -0.39 is 0 Å². The van der Waals surface area contributed by atoms with E-state index in [1.807, 2.05) is 0 Å². The number of anilines is 2. The lowest BCUT2D eigenvalue weighted by Crippen LogP contribution is -2.08. The van der Waals surface area contributed by atoms with Crippen molar-refractivity contribution in [2.24, 2.45) is 0 Å². The van der Waals surface area contributed by atoms with E-state index in [0.717, 1.165) is 69.4 Å². The molecule has 0 amide bonds. The first-order valence-electron chi connectivity index (χ1n) is 19.0. The highest BCUT2D eigenvalue weighted by molar-refractivity contribution is 5.81. The van der Waals surface area contributed by atoms with Gasteiger partial charge in [0.1, 0.15) is 11.5 Å². The third-order valence-corrected chi connectivity index (χ3v) is 9.39. The van der Waals surface area contributed by atoms with Crippen LogP contribution >= 0.6 is 0 Å². The van der Waals surface area contributed by atoms with Crippen molar-refractivity contribution in [2.45, 2.75) is 90.9 Å². The lowest BCUT2D eigenvalue weighted by Gasteiger charge is -2.20. The second kappa shape index (κ2) is 20.2. The van der Waals surface area contributed by atoms with Crippen LogP contribution in [0.2, 0.25) is 0 Å². The molecular weight excluding hydrogens is 613 g/mol. The number of hydrogen-bond acceptors (Lipinski definition) is 4. The van der Waals surface area contributed by atoms with E-state index in [1.54, 1.807) is 0 Å². The highest BCUT2D eigenvalue weighted by Gasteiger charge is 2.16. The summed E-state index contributed by atoms with van der Waals surface area (Å²) in [6.45, 7) is 5.94. The summed E-state index contributed by atoms with van der Waals surface area (Å²) in [6.07, 6.45) is 14.8. The Bertz CT molecular complexity index is 1620. The molecular formula is C46H56N2O2.